The van der Waals surface area contributed by atoms with Crippen molar-refractivity contribution in [1.82, 2.24) is 0 Å². The van der Waals surface area contributed by atoms with Gasteiger partial charge in [-0.1, -0.05) is 0 Å². The van der Waals surface area contributed by atoms with Crippen molar-refractivity contribution in [1.29, 1.82) is 0 Å². The van der Waals surface area contributed by atoms with Crippen LogP contribution < -0.4 is 0 Å². The third-order valence-electron chi connectivity index (χ3n) is 2.42. The van der Waals surface area contributed by atoms with Gasteiger partial charge in [-0.2, -0.15) is 0 Å². The van der Waals surface area contributed by atoms with Crippen LogP contribution in [0.25, 0.3) is 0 Å². The van der Waals surface area contributed by atoms with Crippen molar-refractivity contribution in [3.8, 4) is 0 Å². The normalized spacial score (nSPS) is 13.1. The van der Waals surface area contributed by atoms with Gasteiger partial charge in [-0.25, -0.2) is 0 Å². The Kier molecular flexibility index (Phi) is 9.12. The summed E-state index contributed by atoms with van der Waals surface area (Å²) in [4.78, 5) is 1.54. The molecule has 0 saturated heterocycles. The molecule has 0 aromatic rings. The Labute approximate surface area is 112 Å². The predicted octanol–water partition coefficient (Wildman–Crippen LogP) is 0.362. The quantitative estimate of drug-likeness (QED) is 0.531. The molecule has 0 N–H and O–H groups in total. The molecule has 0 aliphatic rings. The van der Waals surface area contributed by atoms with Gasteiger partial charge in [-0.15, -0.1) is 0 Å². The van der Waals surface area contributed by atoms with Gasteiger partial charge in [-0.3, -0.25) is 0 Å². The molecular weight excluding hydrogens is 327 g/mol. The maximum absolute atomic E-state index is 5.35. The standard InChI is InChI=1S/C8H22O6SeSi2/c1-9-16(10-2,11-3)7-15-8-17(12-4,13-5)14-6/h7-8H2,1-6H3. The average molecular weight is 349 g/mol. The van der Waals surface area contributed by atoms with Gasteiger partial charge < -0.3 is 0 Å². The van der Waals surface area contributed by atoms with Gasteiger partial charge >= 0.3 is 112 Å². The van der Waals surface area contributed by atoms with E-state index in [0.29, 0.717) is 0 Å². The molecule has 0 amide bonds. The monoisotopic (exact) mass is 350 g/mol. The van der Waals surface area contributed by atoms with Crippen molar-refractivity contribution in [2.45, 2.75) is 9.89 Å². The van der Waals surface area contributed by atoms with Crippen LogP contribution in [0.5, 0.6) is 0 Å². The van der Waals surface area contributed by atoms with Gasteiger partial charge in [-0.05, 0) is 0 Å². The molecule has 0 unspecified atom stereocenters. The summed E-state index contributed by atoms with van der Waals surface area (Å²) in [6.07, 6.45) is 0. The SMILES string of the molecule is CO[Si](C[Se]C[Si](OC)(OC)OC)(OC)OC. The second-order valence-corrected chi connectivity index (χ2v) is 13.3. The number of hydrogen-bond acceptors (Lipinski definition) is 6. The first-order chi connectivity index (χ1) is 8.07. The fraction of sp³-hybridized carbons (Fsp3) is 1.00. The molecule has 104 valence electrons. The van der Waals surface area contributed by atoms with E-state index in [1.807, 2.05) is 0 Å². The molecule has 0 bridgehead atoms. The Hall–Kier alpha value is 0.713. The van der Waals surface area contributed by atoms with Crippen LogP contribution in [0.4, 0.5) is 0 Å². The van der Waals surface area contributed by atoms with Crippen molar-refractivity contribution in [2.24, 2.45) is 0 Å². The molecular formula is C8H22O6SeSi2. The van der Waals surface area contributed by atoms with E-state index < -0.39 is 17.6 Å². The fourth-order valence-electron chi connectivity index (χ4n) is 1.15. The van der Waals surface area contributed by atoms with Crippen molar-refractivity contribution in [2.75, 3.05) is 42.7 Å². The van der Waals surface area contributed by atoms with E-state index in [4.69, 9.17) is 26.6 Å². The molecule has 0 aromatic heterocycles. The first-order valence-electron chi connectivity index (χ1n) is 4.96. The molecule has 9 heteroatoms. The van der Waals surface area contributed by atoms with Crippen LogP contribution >= 0.6 is 0 Å². The zero-order valence-electron chi connectivity index (χ0n) is 11.3. The summed E-state index contributed by atoms with van der Waals surface area (Å²) in [5.41, 5.74) is 0. The molecule has 0 aliphatic carbocycles. The summed E-state index contributed by atoms with van der Waals surface area (Å²) in [5, 5.41) is 0. The van der Waals surface area contributed by atoms with Crippen molar-refractivity contribution in [3.05, 3.63) is 0 Å². The zero-order valence-corrected chi connectivity index (χ0v) is 15.0. The molecule has 0 aliphatic heterocycles. The first kappa shape index (κ1) is 17.7. The molecule has 0 heterocycles. The summed E-state index contributed by atoms with van der Waals surface area (Å²) in [6.45, 7) is 0. The molecule has 17 heavy (non-hydrogen) atoms. The van der Waals surface area contributed by atoms with E-state index in [1.165, 1.54) is 0 Å². The molecule has 0 rings (SSSR count). The Bertz CT molecular complexity index is 164. The maximum atomic E-state index is 5.35. The minimum atomic E-state index is -2.47. The van der Waals surface area contributed by atoms with Crippen LogP contribution in [0.1, 0.15) is 0 Å². The summed E-state index contributed by atoms with van der Waals surface area (Å²) in [6, 6.07) is 0. The zero-order chi connectivity index (χ0) is 13.4. The minimum absolute atomic E-state index is 0.225. The van der Waals surface area contributed by atoms with Crippen LogP contribution in [-0.4, -0.2) is 75.2 Å². The van der Waals surface area contributed by atoms with Crippen molar-refractivity contribution < 1.29 is 26.6 Å². The Morgan fingerprint density at radius 1 is 0.588 bits per heavy atom. The molecule has 0 atom stereocenters. The molecule has 0 spiro atoms. The summed E-state index contributed by atoms with van der Waals surface area (Å²) in [5.74, 6) is 0. The fourth-order valence-corrected chi connectivity index (χ4v) is 13.3. The van der Waals surface area contributed by atoms with E-state index in [0.717, 1.165) is 9.89 Å². The van der Waals surface area contributed by atoms with E-state index in [2.05, 4.69) is 0 Å². The summed E-state index contributed by atoms with van der Waals surface area (Å²) in [7, 11) is 4.74. The Balaban J connectivity index is 4.28. The summed E-state index contributed by atoms with van der Waals surface area (Å²) < 4.78 is 32.1. The molecule has 0 fully saturated rings. The third kappa shape index (κ3) is 5.07. The Morgan fingerprint density at radius 2 is 0.824 bits per heavy atom. The average Bonchev–Trinajstić information content (AvgIpc) is 2.41. The molecule has 0 aromatic carbocycles. The van der Waals surface area contributed by atoms with Crippen LogP contribution in [0.2, 0.25) is 9.89 Å². The second kappa shape index (κ2) is 8.75. The van der Waals surface area contributed by atoms with E-state index in [9.17, 15) is 0 Å². The summed E-state index contributed by atoms with van der Waals surface area (Å²) >= 11 is 0.225. The van der Waals surface area contributed by atoms with Crippen LogP contribution in [0.15, 0.2) is 0 Å². The van der Waals surface area contributed by atoms with Gasteiger partial charge in [0.05, 0.1) is 0 Å². The van der Waals surface area contributed by atoms with Gasteiger partial charge in [0.1, 0.15) is 0 Å². The molecule has 0 radical (unpaired) electrons. The van der Waals surface area contributed by atoms with Gasteiger partial charge in [0.2, 0.25) is 0 Å². The number of hydrogen-bond donors (Lipinski definition) is 0. The Morgan fingerprint density at radius 3 is 1.00 bits per heavy atom. The number of rotatable bonds is 10. The molecule has 0 saturated carbocycles. The topological polar surface area (TPSA) is 55.4 Å². The van der Waals surface area contributed by atoms with E-state index in [-0.39, 0.29) is 15.0 Å². The van der Waals surface area contributed by atoms with Gasteiger partial charge in [0.25, 0.3) is 0 Å². The third-order valence-corrected chi connectivity index (χ3v) is 14.3. The van der Waals surface area contributed by atoms with Crippen LogP contribution in [0.3, 0.4) is 0 Å². The predicted molar refractivity (Wildman–Crippen MR) is 68.9 cm³/mol. The second-order valence-electron chi connectivity index (χ2n) is 3.08. The van der Waals surface area contributed by atoms with Gasteiger partial charge in [0.15, 0.2) is 0 Å². The van der Waals surface area contributed by atoms with Crippen LogP contribution in [0, 0.1) is 0 Å². The van der Waals surface area contributed by atoms with Crippen LogP contribution in [-0.2, 0) is 26.6 Å². The van der Waals surface area contributed by atoms with E-state index in [1.54, 1.807) is 42.7 Å². The van der Waals surface area contributed by atoms with Crippen molar-refractivity contribution in [3.63, 3.8) is 0 Å². The van der Waals surface area contributed by atoms with Gasteiger partial charge in [0, 0.05) is 0 Å². The van der Waals surface area contributed by atoms with E-state index >= 15 is 0 Å². The van der Waals surface area contributed by atoms with Crippen molar-refractivity contribution >= 4 is 32.6 Å². The first-order valence-corrected chi connectivity index (χ1v) is 11.2. The molecule has 6 nitrogen and oxygen atoms in total.